The molecule has 0 unspecified atom stereocenters. The number of amides is 1. The summed E-state index contributed by atoms with van der Waals surface area (Å²) in [4.78, 5) is 18.1. The summed E-state index contributed by atoms with van der Waals surface area (Å²) in [5, 5.41) is 0. The molecule has 9 heteroatoms. The summed E-state index contributed by atoms with van der Waals surface area (Å²) < 4.78 is 36.2. The summed E-state index contributed by atoms with van der Waals surface area (Å²) in [5.41, 5.74) is 3.99. The SMILES string of the molecule is CCn1c(=NC(=O)c2cccc(NS(=O)(=O)c3ccc(OC)cc3)c2)sc2cc(C)c(C)cc21. The molecular weight excluding hydrogens is 470 g/mol. The number of benzene rings is 3. The van der Waals surface area contributed by atoms with Gasteiger partial charge in [0.2, 0.25) is 0 Å². The lowest BCUT2D eigenvalue weighted by Gasteiger charge is -2.09. The standard InChI is InChI=1S/C25H25N3O4S2/c1-5-28-22-13-16(2)17(3)14-23(22)33-25(28)26-24(29)18-7-6-8-19(15-18)27-34(30,31)21-11-9-20(32-4)10-12-21/h6-15,27H,5H2,1-4H3. The van der Waals surface area contributed by atoms with Crippen molar-refractivity contribution in [3.63, 3.8) is 0 Å². The number of aromatic nitrogens is 1. The Morgan fingerprint density at radius 2 is 1.76 bits per heavy atom. The molecular formula is C25H25N3O4S2. The molecule has 4 rings (SSSR count). The molecule has 1 aromatic heterocycles. The monoisotopic (exact) mass is 495 g/mol. The Labute approximate surface area is 202 Å². The van der Waals surface area contributed by atoms with Crippen LogP contribution >= 0.6 is 11.3 Å². The van der Waals surface area contributed by atoms with Crippen LogP contribution in [0.25, 0.3) is 10.2 Å². The quantitative estimate of drug-likeness (QED) is 0.412. The molecule has 0 bridgehead atoms. The molecule has 1 N–H and O–H groups in total. The summed E-state index contributed by atoms with van der Waals surface area (Å²) in [7, 11) is -2.31. The Kier molecular flexibility index (Phi) is 6.58. The summed E-state index contributed by atoms with van der Waals surface area (Å²) in [6, 6.07) is 16.6. The molecule has 0 fully saturated rings. The van der Waals surface area contributed by atoms with Crippen LogP contribution in [0.15, 0.2) is 70.6 Å². The second-order valence-electron chi connectivity index (χ2n) is 7.81. The van der Waals surface area contributed by atoms with Crippen LogP contribution < -0.4 is 14.3 Å². The van der Waals surface area contributed by atoms with E-state index < -0.39 is 15.9 Å². The molecule has 0 aliphatic rings. The van der Waals surface area contributed by atoms with Crippen molar-refractivity contribution in [2.45, 2.75) is 32.2 Å². The molecule has 7 nitrogen and oxygen atoms in total. The maximum Gasteiger partial charge on any atom is 0.279 e. The van der Waals surface area contributed by atoms with Gasteiger partial charge < -0.3 is 9.30 Å². The van der Waals surface area contributed by atoms with Crippen molar-refractivity contribution in [2.75, 3.05) is 11.8 Å². The van der Waals surface area contributed by atoms with Crippen molar-refractivity contribution in [3.05, 3.63) is 82.2 Å². The number of ether oxygens (including phenoxy) is 1. The number of hydrogen-bond acceptors (Lipinski definition) is 5. The van der Waals surface area contributed by atoms with Crippen LogP contribution in [-0.2, 0) is 16.6 Å². The number of carbonyl (C=O) groups is 1. The van der Waals surface area contributed by atoms with E-state index in [2.05, 4.69) is 35.7 Å². The van der Waals surface area contributed by atoms with Gasteiger partial charge in [-0.15, -0.1) is 0 Å². The Bertz CT molecular complexity index is 1550. The highest BCUT2D eigenvalue weighted by molar-refractivity contribution is 7.92. The molecule has 0 saturated heterocycles. The molecule has 0 spiro atoms. The lowest BCUT2D eigenvalue weighted by atomic mass is 10.1. The number of aryl methyl sites for hydroxylation is 3. The molecule has 0 aliphatic heterocycles. The van der Waals surface area contributed by atoms with Crippen molar-refractivity contribution in [1.29, 1.82) is 0 Å². The molecule has 34 heavy (non-hydrogen) atoms. The predicted octanol–water partition coefficient (Wildman–Crippen LogP) is 4.89. The van der Waals surface area contributed by atoms with E-state index in [-0.39, 0.29) is 10.6 Å². The van der Waals surface area contributed by atoms with Gasteiger partial charge in [-0.05, 0) is 86.5 Å². The third kappa shape index (κ3) is 4.76. The van der Waals surface area contributed by atoms with Crippen molar-refractivity contribution in [2.24, 2.45) is 4.99 Å². The van der Waals surface area contributed by atoms with Gasteiger partial charge >= 0.3 is 0 Å². The van der Waals surface area contributed by atoms with E-state index in [9.17, 15) is 13.2 Å². The lowest BCUT2D eigenvalue weighted by Crippen LogP contribution is -2.16. The van der Waals surface area contributed by atoms with Crippen LogP contribution in [0.3, 0.4) is 0 Å². The lowest BCUT2D eigenvalue weighted by molar-refractivity contribution is 0.0998. The first-order valence-electron chi connectivity index (χ1n) is 10.7. The van der Waals surface area contributed by atoms with Gasteiger partial charge in [-0.2, -0.15) is 4.99 Å². The zero-order valence-corrected chi connectivity index (χ0v) is 21.0. The third-order valence-electron chi connectivity index (χ3n) is 5.54. The van der Waals surface area contributed by atoms with Crippen LogP contribution in [0, 0.1) is 13.8 Å². The van der Waals surface area contributed by atoms with E-state index in [1.54, 1.807) is 30.3 Å². The fraction of sp³-hybridized carbons (Fsp3) is 0.200. The Balaban J connectivity index is 1.65. The minimum atomic E-state index is -3.83. The van der Waals surface area contributed by atoms with E-state index >= 15 is 0 Å². The Morgan fingerprint density at radius 1 is 1.06 bits per heavy atom. The normalized spacial score (nSPS) is 12.2. The zero-order valence-electron chi connectivity index (χ0n) is 19.3. The highest BCUT2D eigenvalue weighted by Gasteiger charge is 2.16. The molecule has 4 aromatic rings. The van der Waals surface area contributed by atoms with E-state index in [4.69, 9.17) is 4.74 Å². The zero-order chi connectivity index (χ0) is 24.5. The number of hydrogen-bond donors (Lipinski definition) is 1. The van der Waals surface area contributed by atoms with E-state index in [0.29, 0.717) is 22.7 Å². The number of methoxy groups -OCH3 is 1. The second-order valence-corrected chi connectivity index (χ2v) is 10.5. The number of thiazole rings is 1. The second kappa shape index (κ2) is 9.44. The van der Waals surface area contributed by atoms with Gasteiger partial charge in [-0.25, -0.2) is 8.42 Å². The van der Waals surface area contributed by atoms with Crippen LogP contribution in [0.2, 0.25) is 0 Å². The van der Waals surface area contributed by atoms with E-state index in [1.807, 2.05) is 11.5 Å². The van der Waals surface area contributed by atoms with Crippen LogP contribution in [0.5, 0.6) is 5.75 Å². The van der Waals surface area contributed by atoms with E-state index in [1.165, 1.54) is 47.8 Å². The summed E-state index contributed by atoms with van der Waals surface area (Å²) >= 11 is 1.46. The van der Waals surface area contributed by atoms with Gasteiger partial charge in [0.1, 0.15) is 5.75 Å². The first kappa shape index (κ1) is 23.7. The summed E-state index contributed by atoms with van der Waals surface area (Å²) in [6.45, 7) is 6.81. The van der Waals surface area contributed by atoms with Gasteiger partial charge in [0.15, 0.2) is 4.80 Å². The van der Waals surface area contributed by atoms with Gasteiger partial charge in [-0.3, -0.25) is 9.52 Å². The Hall–Kier alpha value is -3.43. The van der Waals surface area contributed by atoms with Crippen molar-refractivity contribution in [1.82, 2.24) is 4.57 Å². The maximum atomic E-state index is 13.0. The maximum absolute atomic E-state index is 13.0. The highest BCUT2D eigenvalue weighted by atomic mass is 32.2. The van der Waals surface area contributed by atoms with Crippen molar-refractivity contribution >= 4 is 43.2 Å². The summed E-state index contributed by atoms with van der Waals surface area (Å²) in [6.07, 6.45) is 0. The van der Waals surface area contributed by atoms with Crippen molar-refractivity contribution < 1.29 is 17.9 Å². The third-order valence-corrected chi connectivity index (χ3v) is 7.98. The smallest absolute Gasteiger partial charge is 0.279 e. The van der Waals surface area contributed by atoms with Crippen LogP contribution in [0.4, 0.5) is 5.69 Å². The molecule has 1 amide bonds. The molecule has 0 aliphatic carbocycles. The average molecular weight is 496 g/mol. The number of rotatable bonds is 6. The fourth-order valence-corrected chi connectivity index (χ4v) is 5.77. The van der Waals surface area contributed by atoms with Gasteiger partial charge in [0.25, 0.3) is 15.9 Å². The molecule has 1 heterocycles. The largest absolute Gasteiger partial charge is 0.497 e. The highest BCUT2D eigenvalue weighted by Crippen LogP contribution is 2.23. The number of fused-ring (bicyclic) bond motifs is 1. The Morgan fingerprint density at radius 3 is 2.44 bits per heavy atom. The first-order valence-corrected chi connectivity index (χ1v) is 13.0. The van der Waals surface area contributed by atoms with Gasteiger partial charge in [-0.1, -0.05) is 17.4 Å². The number of anilines is 1. The first-order chi connectivity index (χ1) is 16.2. The fourth-order valence-electron chi connectivity index (χ4n) is 3.55. The molecule has 0 radical (unpaired) electrons. The number of carbonyl (C=O) groups excluding carboxylic acids is 1. The molecule has 0 atom stereocenters. The van der Waals surface area contributed by atoms with Crippen LogP contribution in [-0.4, -0.2) is 26.0 Å². The van der Waals surface area contributed by atoms with Crippen molar-refractivity contribution in [3.8, 4) is 5.75 Å². The minimum Gasteiger partial charge on any atom is -0.497 e. The molecule has 0 saturated carbocycles. The summed E-state index contributed by atoms with van der Waals surface area (Å²) in [5.74, 6) is 0.122. The predicted molar refractivity (Wildman–Crippen MR) is 135 cm³/mol. The van der Waals surface area contributed by atoms with E-state index in [0.717, 1.165) is 10.2 Å². The molecule has 176 valence electrons. The van der Waals surface area contributed by atoms with Gasteiger partial charge in [0, 0.05) is 17.8 Å². The van der Waals surface area contributed by atoms with Gasteiger partial charge in [0.05, 0.1) is 22.2 Å². The number of nitrogens with one attached hydrogen (secondary N) is 1. The molecule has 3 aromatic carbocycles. The van der Waals surface area contributed by atoms with Crippen LogP contribution in [0.1, 0.15) is 28.4 Å². The topological polar surface area (TPSA) is 89.8 Å². The average Bonchev–Trinajstić information content (AvgIpc) is 3.14. The number of nitrogens with zero attached hydrogens (tertiary/aromatic N) is 2. The number of sulfonamides is 1. The minimum absolute atomic E-state index is 0.0922.